The van der Waals surface area contributed by atoms with Crippen LogP contribution in [-0.2, 0) is 6.54 Å². The Morgan fingerprint density at radius 3 is 2.73 bits per heavy atom. The van der Waals surface area contributed by atoms with Crippen molar-refractivity contribution in [2.24, 2.45) is 0 Å². The number of nitrogens with one attached hydrogen (secondary N) is 1. The Balaban J connectivity index is 1.85. The maximum absolute atomic E-state index is 13.6. The van der Waals surface area contributed by atoms with Gasteiger partial charge in [0.1, 0.15) is 11.4 Å². The molecule has 0 saturated carbocycles. The fourth-order valence-electron chi connectivity index (χ4n) is 2.47. The van der Waals surface area contributed by atoms with Gasteiger partial charge >= 0.3 is 0 Å². The Labute approximate surface area is 153 Å². The SMILES string of the molecule is CCN(CC)c1nn2c(=O)c(C(=O)NCc3ccccc3F)cnc2s1. The summed E-state index contributed by atoms with van der Waals surface area (Å²) in [5, 5.41) is 7.49. The molecular formula is C17H18FN5O2S. The highest BCUT2D eigenvalue weighted by atomic mass is 32.1. The Morgan fingerprint density at radius 2 is 2.04 bits per heavy atom. The van der Waals surface area contributed by atoms with Crippen molar-refractivity contribution in [3.8, 4) is 0 Å². The van der Waals surface area contributed by atoms with Crippen LogP contribution in [0.5, 0.6) is 0 Å². The predicted octanol–water partition coefficient (Wildman–Crippen LogP) is 2.07. The van der Waals surface area contributed by atoms with Crippen LogP contribution in [0.3, 0.4) is 0 Å². The minimum atomic E-state index is -0.613. The molecule has 26 heavy (non-hydrogen) atoms. The van der Waals surface area contributed by atoms with Crippen LogP contribution in [0, 0.1) is 5.82 Å². The summed E-state index contributed by atoms with van der Waals surface area (Å²) in [6.07, 6.45) is 1.23. The molecule has 0 spiro atoms. The zero-order chi connectivity index (χ0) is 18.7. The molecule has 0 aliphatic rings. The van der Waals surface area contributed by atoms with E-state index in [0.29, 0.717) is 15.7 Å². The van der Waals surface area contributed by atoms with Crippen LogP contribution in [0.25, 0.3) is 4.96 Å². The second-order valence-electron chi connectivity index (χ2n) is 5.50. The quantitative estimate of drug-likeness (QED) is 0.713. The molecule has 0 bridgehead atoms. The first-order chi connectivity index (χ1) is 12.5. The molecule has 0 aliphatic carbocycles. The Bertz CT molecular complexity index is 996. The van der Waals surface area contributed by atoms with Crippen LogP contribution < -0.4 is 15.8 Å². The van der Waals surface area contributed by atoms with Crippen molar-refractivity contribution in [2.45, 2.75) is 20.4 Å². The van der Waals surface area contributed by atoms with Gasteiger partial charge in [-0.2, -0.15) is 4.52 Å². The van der Waals surface area contributed by atoms with Crippen molar-refractivity contribution < 1.29 is 9.18 Å². The number of halogens is 1. The zero-order valence-corrected chi connectivity index (χ0v) is 15.2. The van der Waals surface area contributed by atoms with E-state index in [1.54, 1.807) is 18.2 Å². The number of hydrogen-bond donors (Lipinski definition) is 1. The molecular weight excluding hydrogens is 357 g/mol. The fourth-order valence-corrected chi connectivity index (χ4v) is 3.45. The number of benzene rings is 1. The lowest BCUT2D eigenvalue weighted by Crippen LogP contribution is -2.31. The predicted molar refractivity (Wildman–Crippen MR) is 98.3 cm³/mol. The third-order valence-electron chi connectivity index (χ3n) is 3.95. The number of anilines is 1. The summed E-state index contributed by atoms with van der Waals surface area (Å²) < 4.78 is 14.8. The molecule has 2 heterocycles. The van der Waals surface area contributed by atoms with Crippen LogP contribution in [0.2, 0.25) is 0 Å². The lowest BCUT2D eigenvalue weighted by atomic mass is 10.2. The minimum Gasteiger partial charge on any atom is -0.348 e. The van der Waals surface area contributed by atoms with E-state index in [1.807, 2.05) is 18.7 Å². The monoisotopic (exact) mass is 375 g/mol. The van der Waals surface area contributed by atoms with E-state index >= 15 is 0 Å². The molecule has 136 valence electrons. The molecule has 0 aliphatic heterocycles. The average Bonchev–Trinajstić information content (AvgIpc) is 3.07. The molecule has 3 aromatic rings. The molecule has 0 unspecified atom stereocenters. The van der Waals surface area contributed by atoms with Crippen molar-refractivity contribution >= 4 is 27.3 Å². The van der Waals surface area contributed by atoms with Crippen LogP contribution in [-0.4, -0.2) is 33.6 Å². The van der Waals surface area contributed by atoms with Gasteiger partial charge in [0.2, 0.25) is 10.1 Å². The average molecular weight is 375 g/mol. The van der Waals surface area contributed by atoms with Gasteiger partial charge in [0, 0.05) is 31.4 Å². The lowest BCUT2D eigenvalue weighted by Gasteiger charge is -2.15. The first-order valence-electron chi connectivity index (χ1n) is 8.20. The summed E-state index contributed by atoms with van der Waals surface area (Å²) >= 11 is 1.29. The summed E-state index contributed by atoms with van der Waals surface area (Å²) in [4.78, 5) is 31.5. The Morgan fingerprint density at radius 1 is 1.31 bits per heavy atom. The largest absolute Gasteiger partial charge is 0.348 e. The topological polar surface area (TPSA) is 79.6 Å². The number of aromatic nitrogens is 3. The number of carbonyl (C=O) groups excluding carboxylic acids is 1. The van der Waals surface area contributed by atoms with Gasteiger partial charge in [-0.1, -0.05) is 29.5 Å². The molecule has 0 saturated heterocycles. The van der Waals surface area contributed by atoms with E-state index in [-0.39, 0.29) is 12.1 Å². The third-order valence-corrected chi connectivity index (χ3v) is 4.94. The van der Waals surface area contributed by atoms with Crippen molar-refractivity contribution in [1.29, 1.82) is 0 Å². The number of fused-ring (bicyclic) bond motifs is 1. The first kappa shape index (κ1) is 18.0. The van der Waals surface area contributed by atoms with Crippen molar-refractivity contribution in [2.75, 3.05) is 18.0 Å². The maximum Gasteiger partial charge on any atom is 0.288 e. The van der Waals surface area contributed by atoms with Gasteiger partial charge < -0.3 is 10.2 Å². The highest BCUT2D eigenvalue weighted by Crippen LogP contribution is 2.20. The van der Waals surface area contributed by atoms with E-state index in [9.17, 15) is 14.0 Å². The molecule has 0 atom stereocenters. The summed E-state index contributed by atoms with van der Waals surface area (Å²) in [5.74, 6) is -1.03. The second kappa shape index (κ2) is 7.61. The second-order valence-corrected chi connectivity index (χ2v) is 6.44. The number of amides is 1. The smallest absolute Gasteiger partial charge is 0.288 e. The van der Waals surface area contributed by atoms with Gasteiger partial charge in [0.05, 0.1) is 0 Å². The van der Waals surface area contributed by atoms with Crippen LogP contribution in [0.4, 0.5) is 9.52 Å². The van der Waals surface area contributed by atoms with Crippen molar-refractivity contribution in [3.05, 3.63) is 57.8 Å². The normalized spacial score (nSPS) is 10.9. The number of nitrogens with zero attached hydrogens (tertiary/aromatic N) is 4. The number of carbonyl (C=O) groups is 1. The summed E-state index contributed by atoms with van der Waals surface area (Å²) in [6, 6.07) is 6.13. The third kappa shape index (κ3) is 3.43. The molecule has 1 aromatic carbocycles. The van der Waals surface area contributed by atoms with Gasteiger partial charge in [0.25, 0.3) is 11.5 Å². The van der Waals surface area contributed by atoms with Gasteiger partial charge in [-0.15, -0.1) is 5.10 Å². The Kier molecular flexibility index (Phi) is 5.27. The molecule has 0 fully saturated rings. The minimum absolute atomic E-state index is 0.0184. The summed E-state index contributed by atoms with van der Waals surface area (Å²) in [6.45, 7) is 5.47. The van der Waals surface area contributed by atoms with Gasteiger partial charge in [0.15, 0.2) is 0 Å². The standard InChI is InChI=1S/C17H18FN5O2S/c1-3-22(4-2)17-21-23-15(25)12(10-20-16(23)26-17)14(24)19-9-11-7-5-6-8-13(11)18/h5-8,10H,3-4,9H2,1-2H3,(H,19,24). The first-order valence-corrected chi connectivity index (χ1v) is 9.02. The van der Waals surface area contributed by atoms with Crippen LogP contribution >= 0.6 is 11.3 Å². The maximum atomic E-state index is 13.6. The lowest BCUT2D eigenvalue weighted by molar-refractivity contribution is 0.0948. The molecule has 9 heteroatoms. The number of rotatable bonds is 6. The van der Waals surface area contributed by atoms with Gasteiger partial charge in [-0.05, 0) is 19.9 Å². The molecule has 1 amide bonds. The molecule has 3 rings (SSSR count). The summed E-state index contributed by atoms with van der Waals surface area (Å²) in [7, 11) is 0. The molecule has 0 radical (unpaired) electrons. The highest BCUT2D eigenvalue weighted by molar-refractivity contribution is 7.20. The van der Waals surface area contributed by atoms with Crippen molar-refractivity contribution in [1.82, 2.24) is 19.9 Å². The van der Waals surface area contributed by atoms with Gasteiger partial charge in [-0.25, -0.2) is 9.37 Å². The van der Waals surface area contributed by atoms with Crippen molar-refractivity contribution in [3.63, 3.8) is 0 Å². The fraction of sp³-hybridized carbons (Fsp3) is 0.294. The zero-order valence-electron chi connectivity index (χ0n) is 14.4. The highest BCUT2D eigenvalue weighted by Gasteiger charge is 2.17. The summed E-state index contributed by atoms with van der Waals surface area (Å²) in [5.41, 5.74) is -0.335. The van der Waals surface area contributed by atoms with Gasteiger partial charge in [-0.3, -0.25) is 9.59 Å². The molecule has 2 aromatic heterocycles. The number of hydrogen-bond acceptors (Lipinski definition) is 6. The van der Waals surface area contributed by atoms with E-state index in [4.69, 9.17) is 0 Å². The van der Waals surface area contributed by atoms with Crippen LogP contribution in [0.1, 0.15) is 29.8 Å². The van der Waals surface area contributed by atoms with E-state index in [1.165, 1.54) is 23.6 Å². The Hall–Kier alpha value is -2.81. The van der Waals surface area contributed by atoms with E-state index < -0.39 is 17.3 Å². The van der Waals surface area contributed by atoms with E-state index in [2.05, 4.69) is 15.4 Å². The molecule has 1 N–H and O–H groups in total. The van der Waals surface area contributed by atoms with E-state index in [0.717, 1.165) is 17.6 Å². The molecule has 7 nitrogen and oxygen atoms in total. The van der Waals surface area contributed by atoms with Crippen LogP contribution in [0.15, 0.2) is 35.3 Å².